The first kappa shape index (κ1) is 23.1. The molecule has 1 saturated heterocycles. The summed E-state index contributed by atoms with van der Waals surface area (Å²) < 4.78 is 29.1. The van der Waals surface area contributed by atoms with Gasteiger partial charge in [0.05, 0.1) is 32.7 Å². The van der Waals surface area contributed by atoms with Gasteiger partial charge in [0.1, 0.15) is 5.82 Å². The van der Waals surface area contributed by atoms with Crippen LogP contribution in [0.1, 0.15) is 0 Å². The van der Waals surface area contributed by atoms with Gasteiger partial charge in [0, 0.05) is 43.9 Å². The van der Waals surface area contributed by atoms with E-state index in [4.69, 9.17) is 14.2 Å². The van der Waals surface area contributed by atoms with Crippen LogP contribution in [0.4, 0.5) is 20.7 Å². The summed E-state index contributed by atoms with van der Waals surface area (Å²) in [5.41, 5.74) is 2.02. The maximum atomic E-state index is 13.1. The smallest absolute Gasteiger partial charge is 0.321 e. The maximum absolute atomic E-state index is 13.1. The van der Waals surface area contributed by atoms with E-state index >= 15 is 0 Å². The topological polar surface area (TPSA) is 89.1 Å². The van der Waals surface area contributed by atoms with Crippen molar-refractivity contribution in [2.24, 2.45) is 0 Å². The van der Waals surface area contributed by atoms with E-state index in [1.807, 2.05) is 12.1 Å². The van der Waals surface area contributed by atoms with Gasteiger partial charge in [-0.1, -0.05) is 0 Å². The monoisotopic (exact) mass is 467 g/mol. The van der Waals surface area contributed by atoms with Gasteiger partial charge in [-0.05, 0) is 36.4 Å². The van der Waals surface area contributed by atoms with Crippen molar-refractivity contribution in [3.63, 3.8) is 0 Å². The predicted molar refractivity (Wildman–Crippen MR) is 126 cm³/mol. The number of amides is 2. The molecule has 0 aliphatic carbocycles. The molecule has 34 heavy (non-hydrogen) atoms. The molecule has 1 aromatic heterocycles. The van der Waals surface area contributed by atoms with Gasteiger partial charge in [0.2, 0.25) is 5.75 Å². The number of urea groups is 1. The quantitative estimate of drug-likeness (QED) is 0.592. The second-order valence-electron chi connectivity index (χ2n) is 7.60. The molecular weight excluding hydrogens is 441 g/mol. The molecule has 1 fully saturated rings. The van der Waals surface area contributed by atoms with Crippen molar-refractivity contribution in [2.75, 3.05) is 57.7 Å². The third-order valence-electron chi connectivity index (χ3n) is 5.60. The summed E-state index contributed by atoms with van der Waals surface area (Å²) in [6, 6.07) is 13.0. The molecule has 178 valence electrons. The summed E-state index contributed by atoms with van der Waals surface area (Å²) in [6.07, 6.45) is 0. The number of anilines is 2. The zero-order valence-electron chi connectivity index (χ0n) is 19.2. The summed E-state index contributed by atoms with van der Waals surface area (Å²) in [5.74, 6) is 1.83. The molecule has 2 aromatic carbocycles. The molecule has 0 spiro atoms. The summed E-state index contributed by atoms with van der Waals surface area (Å²) in [5, 5.41) is 11.5. The number of benzene rings is 2. The first-order valence-electron chi connectivity index (χ1n) is 10.7. The van der Waals surface area contributed by atoms with E-state index in [1.165, 1.54) is 33.5 Å². The van der Waals surface area contributed by atoms with Crippen LogP contribution in [0.2, 0.25) is 0 Å². The van der Waals surface area contributed by atoms with Crippen LogP contribution in [0.5, 0.6) is 17.2 Å². The van der Waals surface area contributed by atoms with E-state index in [0.29, 0.717) is 54.8 Å². The number of nitrogens with zero attached hydrogens (tertiary/aromatic N) is 4. The van der Waals surface area contributed by atoms with E-state index in [2.05, 4.69) is 20.4 Å². The normalized spacial score (nSPS) is 13.4. The third kappa shape index (κ3) is 4.95. The molecule has 3 aromatic rings. The van der Waals surface area contributed by atoms with E-state index in [-0.39, 0.29) is 11.8 Å². The van der Waals surface area contributed by atoms with E-state index < -0.39 is 0 Å². The minimum atomic E-state index is -0.291. The average molecular weight is 468 g/mol. The van der Waals surface area contributed by atoms with Crippen LogP contribution in [-0.2, 0) is 0 Å². The fraction of sp³-hybridized carbons (Fsp3) is 0.292. The van der Waals surface area contributed by atoms with Crippen LogP contribution in [-0.4, -0.2) is 68.6 Å². The van der Waals surface area contributed by atoms with Crippen molar-refractivity contribution in [2.45, 2.75) is 0 Å². The van der Waals surface area contributed by atoms with Crippen molar-refractivity contribution in [1.82, 2.24) is 15.1 Å². The Balaban J connectivity index is 1.36. The van der Waals surface area contributed by atoms with Gasteiger partial charge in [0.15, 0.2) is 17.3 Å². The first-order chi connectivity index (χ1) is 16.5. The fourth-order valence-corrected chi connectivity index (χ4v) is 3.76. The molecule has 2 amide bonds. The van der Waals surface area contributed by atoms with E-state index in [9.17, 15) is 9.18 Å². The average Bonchev–Trinajstić information content (AvgIpc) is 2.88. The molecule has 1 aliphatic rings. The van der Waals surface area contributed by atoms with E-state index in [1.54, 1.807) is 29.2 Å². The molecule has 0 saturated carbocycles. The molecule has 0 atom stereocenters. The van der Waals surface area contributed by atoms with Gasteiger partial charge in [-0.25, -0.2) is 9.18 Å². The Morgan fingerprint density at radius 2 is 1.53 bits per heavy atom. The molecule has 4 rings (SSSR count). The Morgan fingerprint density at radius 3 is 2.06 bits per heavy atom. The minimum absolute atomic E-state index is 0.216. The highest BCUT2D eigenvalue weighted by Gasteiger charge is 2.23. The standard InChI is InChI=1S/C24H26FN5O4/c1-32-20-14-18(15-21(33-2)23(20)34-3)26-24(31)30-12-10-29(11-13-30)22-9-8-19(27-28-22)16-4-6-17(25)7-5-16/h4-9,14-15H,10-13H2,1-3H3,(H,26,31). The number of rotatable bonds is 6. The third-order valence-corrected chi connectivity index (χ3v) is 5.60. The molecule has 9 nitrogen and oxygen atoms in total. The summed E-state index contributed by atoms with van der Waals surface area (Å²) >= 11 is 0. The van der Waals surface area contributed by atoms with Crippen LogP contribution in [0, 0.1) is 5.82 Å². The zero-order chi connectivity index (χ0) is 24.1. The van der Waals surface area contributed by atoms with Crippen molar-refractivity contribution in [3.8, 4) is 28.5 Å². The second-order valence-corrected chi connectivity index (χ2v) is 7.60. The van der Waals surface area contributed by atoms with Gasteiger partial charge >= 0.3 is 6.03 Å². The molecule has 0 unspecified atom stereocenters. The second kappa shape index (κ2) is 10.2. The highest BCUT2D eigenvalue weighted by molar-refractivity contribution is 5.90. The summed E-state index contributed by atoms with van der Waals surface area (Å²) in [6.45, 7) is 2.29. The van der Waals surface area contributed by atoms with Crippen LogP contribution in [0.3, 0.4) is 0 Å². The Bertz CT molecular complexity index is 1110. The van der Waals surface area contributed by atoms with Crippen molar-refractivity contribution < 1.29 is 23.4 Å². The molecular formula is C24H26FN5O4. The van der Waals surface area contributed by atoms with Gasteiger partial charge in [-0.2, -0.15) is 0 Å². The number of aromatic nitrogens is 2. The zero-order valence-corrected chi connectivity index (χ0v) is 19.2. The number of methoxy groups -OCH3 is 3. The molecule has 10 heteroatoms. The van der Waals surface area contributed by atoms with Gasteiger partial charge in [-0.3, -0.25) is 0 Å². The number of carbonyl (C=O) groups is 1. The molecule has 2 heterocycles. The fourth-order valence-electron chi connectivity index (χ4n) is 3.76. The lowest BCUT2D eigenvalue weighted by Gasteiger charge is -2.35. The van der Waals surface area contributed by atoms with Crippen LogP contribution < -0.4 is 24.4 Å². The van der Waals surface area contributed by atoms with Crippen LogP contribution in [0.15, 0.2) is 48.5 Å². The highest BCUT2D eigenvalue weighted by Crippen LogP contribution is 2.40. The lowest BCUT2D eigenvalue weighted by Crippen LogP contribution is -2.50. The number of nitrogens with one attached hydrogen (secondary N) is 1. The Hall–Kier alpha value is -4.08. The van der Waals surface area contributed by atoms with Crippen molar-refractivity contribution >= 4 is 17.5 Å². The highest BCUT2D eigenvalue weighted by atomic mass is 19.1. The number of ether oxygens (including phenoxy) is 3. The van der Waals surface area contributed by atoms with Crippen LogP contribution >= 0.6 is 0 Å². The van der Waals surface area contributed by atoms with Crippen LogP contribution in [0.25, 0.3) is 11.3 Å². The SMILES string of the molecule is COc1cc(NC(=O)N2CCN(c3ccc(-c4ccc(F)cc4)nn3)CC2)cc(OC)c1OC. The Kier molecular flexibility index (Phi) is 6.95. The first-order valence-corrected chi connectivity index (χ1v) is 10.7. The molecule has 1 aliphatic heterocycles. The summed E-state index contributed by atoms with van der Waals surface area (Å²) in [4.78, 5) is 16.6. The number of piperazine rings is 1. The lowest BCUT2D eigenvalue weighted by molar-refractivity contribution is 0.208. The van der Waals surface area contributed by atoms with E-state index in [0.717, 1.165) is 11.4 Å². The molecule has 0 radical (unpaired) electrons. The Labute approximate surface area is 197 Å². The predicted octanol–water partition coefficient (Wildman–Crippen LogP) is 3.66. The Morgan fingerprint density at radius 1 is 0.882 bits per heavy atom. The largest absolute Gasteiger partial charge is 0.493 e. The lowest BCUT2D eigenvalue weighted by atomic mass is 10.1. The van der Waals surface area contributed by atoms with Crippen molar-refractivity contribution in [3.05, 3.63) is 54.3 Å². The number of carbonyl (C=O) groups excluding carboxylic acids is 1. The number of hydrogen-bond donors (Lipinski definition) is 1. The van der Waals surface area contributed by atoms with Gasteiger partial charge in [0.25, 0.3) is 0 Å². The molecule has 1 N–H and O–H groups in total. The summed E-state index contributed by atoms with van der Waals surface area (Å²) in [7, 11) is 4.58. The molecule has 0 bridgehead atoms. The van der Waals surface area contributed by atoms with Gasteiger partial charge < -0.3 is 29.3 Å². The number of halogens is 1. The number of hydrogen-bond acceptors (Lipinski definition) is 7. The maximum Gasteiger partial charge on any atom is 0.321 e. The van der Waals surface area contributed by atoms with Gasteiger partial charge in [-0.15, -0.1) is 10.2 Å². The minimum Gasteiger partial charge on any atom is -0.493 e. The van der Waals surface area contributed by atoms with Crippen molar-refractivity contribution in [1.29, 1.82) is 0 Å².